The van der Waals surface area contributed by atoms with E-state index < -0.39 is 0 Å². The molecule has 0 amide bonds. The molecule has 0 bridgehead atoms. The van der Waals surface area contributed by atoms with E-state index in [0.29, 0.717) is 0 Å². The van der Waals surface area contributed by atoms with Crippen LogP contribution in [0, 0.1) is 11.8 Å². The van der Waals surface area contributed by atoms with E-state index in [1.165, 1.54) is 25.7 Å². The molecule has 2 atom stereocenters. The van der Waals surface area contributed by atoms with Gasteiger partial charge in [0.15, 0.2) is 0 Å². The quantitative estimate of drug-likeness (QED) is 0.521. The van der Waals surface area contributed by atoms with Gasteiger partial charge in [-0.15, -0.1) is 0 Å². The predicted molar refractivity (Wildman–Crippen MR) is 51.8 cm³/mol. The lowest BCUT2D eigenvalue weighted by molar-refractivity contribution is 0.277. The van der Waals surface area contributed by atoms with Crippen molar-refractivity contribution in [3.8, 4) is 0 Å². The Labute approximate surface area is 71.5 Å². The molecule has 0 aromatic heterocycles. The van der Waals surface area contributed by atoms with Gasteiger partial charge >= 0.3 is 0 Å². The predicted octanol–water partition coefficient (Wildman–Crippen LogP) is 3.03. The molecule has 2 N–H and O–H groups in total. The van der Waals surface area contributed by atoms with Crippen molar-refractivity contribution in [3.05, 3.63) is 0 Å². The summed E-state index contributed by atoms with van der Waals surface area (Å²) in [6.45, 7) is 8.76. The van der Waals surface area contributed by atoms with Crippen LogP contribution in [0.1, 0.15) is 53.4 Å². The molecule has 0 aromatic rings. The van der Waals surface area contributed by atoms with Crippen LogP contribution in [0.25, 0.3) is 0 Å². The highest BCUT2D eigenvalue weighted by Crippen LogP contribution is 2.28. The summed E-state index contributed by atoms with van der Waals surface area (Å²) in [5, 5.41) is 0. The second-order valence-corrected chi connectivity index (χ2v) is 3.24. The molecule has 1 saturated carbocycles. The van der Waals surface area contributed by atoms with Gasteiger partial charge in [0.25, 0.3) is 0 Å². The third-order valence-corrected chi connectivity index (χ3v) is 2.54. The molecule has 11 heavy (non-hydrogen) atoms. The van der Waals surface area contributed by atoms with E-state index in [9.17, 15) is 0 Å². The zero-order chi connectivity index (χ0) is 7.98. The minimum atomic E-state index is 0. The maximum absolute atomic E-state index is 2.38. The third kappa shape index (κ3) is 5.25. The van der Waals surface area contributed by atoms with Gasteiger partial charge in [0.1, 0.15) is 0 Å². The normalized spacial score (nSPS) is 29.5. The maximum Gasteiger partial charge on any atom is -0.0417 e. The second kappa shape index (κ2) is 8.06. The van der Waals surface area contributed by atoms with Gasteiger partial charge in [0.2, 0.25) is 0 Å². The zero-order valence-corrected chi connectivity index (χ0v) is 8.48. The van der Waals surface area contributed by atoms with Crippen molar-refractivity contribution in [3.63, 3.8) is 0 Å². The Hall–Kier alpha value is -0.0400. The molecule has 0 radical (unpaired) electrons. The molecule has 1 aliphatic carbocycles. The lowest BCUT2D eigenvalue weighted by Crippen LogP contribution is -2.12. The van der Waals surface area contributed by atoms with Crippen molar-refractivity contribution in [2.45, 2.75) is 53.4 Å². The first-order chi connectivity index (χ1) is 4.80. The van der Waals surface area contributed by atoms with E-state index in [2.05, 4.69) is 13.8 Å². The second-order valence-electron chi connectivity index (χ2n) is 3.24. The van der Waals surface area contributed by atoms with Crippen molar-refractivity contribution < 1.29 is 5.48 Å². The van der Waals surface area contributed by atoms with Crippen molar-refractivity contribution in [1.29, 1.82) is 0 Å². The average molecular weight is 160 g/mol. The largest absolute Gasteiger partial charge is 0.412 e. The lowest BCUT2D eigenvalue weighted by atomic mass is 9.82. The molecule has 0 saturated heterocycles. The van der Waals surface area contributed by atoms with Gasteiger partial charge < -0.3 is 5.48 Å². The van der Waals surface area contributed by atoms with Crippen LogP contribution in [-0.2, 0) is 0 Å². The fourth-order valence-corrected chi connectivity index (χ4v) is 1.50. The summed E-state index contributed by atoms with van der Waals surface area (Å²) < 4.78 is 0. The highest BCUT2D eigenvalue weighted by Gasteiger charge is 2.15. The molecule has 1 rings (SSSR count). The molecule has 1 heteroatoms. The molecular weight excluding hydrogens is 136 g/mol. The zero-order valence-electron chi connectivity index (χ0n) is 8.48. The summed E-state index contributed by atoms with van der Waals surface area (Å²) in [4.78, 5) is 0. The van der Waals surface area contributed by atoms with Crippen LogP contribution >= 0.6 is 0 Å². The van der Waals surface area contributed by atoms with Gasteiger partial charge in [-0.3, -0.25) is 0 Å². The molecule has 2 unspecified atom stereocenters. The summed E-state index contributed by atoms with van der Waals surface area (Å²) in [5.74, 6) is 2.01. The summed E-state index contributed by atoms with van der Waals surface area (Å²) >= 11 is 0. The topological polar surface area (TPSA) is 31.5 Å². The first kappa shape index (κ1) is 13.5. The standard InChI is InChI=1S/C8H16.C2H6.H2O/c1-7-5-3-4-6-8(7)2;1-2;/h7-8H,3-6H2,1-2H3;1-2H3;1H2. The number of rotatable bonds is 0. The summed E-state index contributed by atoms with van der Waals surface area (Å²) in [6, 6.07) is 0. The molecule has 0 spiro atoms. The minimum absolute atomic E-state index is 0. The van der Waals surface area contributed by atoms with Crippen molar-refractivity contribution in [2.75, 3.05) is 0 Å². The Morgan fingerprint density at radius 1 is 0.818 bits per heavy atom. The Kier molecular flexibility index (Phi) is 9.92. The fourth-order valence-electron chi connectivity index (χ4n) is 1.50. The SMILES string of the molecule is CC.CC1CCCCC1C.O. The Bertz CT molecular complexity index is 61.3. The molecule has 70 valence electrons. The van der Waals surface area contributed by atoms with Gasteiger partial charge in [-0.05, 0) is 11.8 Å². The molecule has 0 aliphatic heterocycles. The van der Waals surface area contributed by atoms with Crippen LogP contribution in [-0.4, -0.2) is 5.48 Å². The van der Waals surface area contributed by atoms with Crippen LogP contribution in [0.15, 0.2) is 0 Å². The van der Waals surface area contributed by atoms with Crippen LogP contribution in [0.5, 0.6) is 0 Å². The third-order valence-electron chi connectivity index (χ3n) is 2.54. The Morgan fingerprint density at radius 2 is 1.09 bits per heavy atom. The minimum Gasteiger partial charge on any atom is -0.412 e. The van der Waals surface area contributed by atoms with E-state index in [0.717, 1.165) is 11.8 Å². The molecule has 1 nitrogen and oxygen atoms in total. The summed E-state index contributed by atoms with van der Waals surface area (Å²) in [7, 11) is 0. The molecular formula is C10H24O. The van der Waals surface area contributed by atoms with E-state index in [1.54, 1.807) is 0 Å². The van der Waals surface area contributed by atoms with E-state index in [-0.39, 0.29) is 5.48 Å². The van der Waals surface area contributed by atoms with Crippen LogP contribution < -0.4 is 0 Å². The molecule has 0 heterocycles. The summed E-state index contributed by atoms with van der Waals surface area (Å²) in [5.41, 5.74) is 0. The highest BCUT2D eigenvalue weighted by molar-refractivity contribution is 4.67. The molecule has 1 fully saturated rings. The summed E-state index contributed by atoms with van der Waals surface area (Å²) in [6.07, 6.45) is 5.90. The van der Waals surface area contributed by atoms with Gasteiger partial charge in [0.05, 0.1) is 0 Å². The Morgan fingerprint density at radius 3 is 1.27 bits per heavy atom. The molecule has 0 aromatic carbocycles. The monoisotopic (exact) mass is 160 g/mol. The average Bonchev–Trinajstić information content (AvgIpc) is 2.00. The lowest BCUT2D eigenvalue weighted by Gasteiger charge is -2.24. The smallest absolute Gasteiger partial charge is 0.0417 e. The van der Waals surface area contributed by atoms with Gasteiger partial charge in [-0.1, -0.05) is 53.4 Å². The maximum atomic E-state index is 2.38. The van der Waals surface area contributed by atoms with Crippen molar-refractivity contribution >= 4 is 0 Å². The van der Waals surface area contributed by atoms with Crippen molar-refractivity contribution in [2.24, 2.45) is 11.8 Å². The van der Waals surface area contributed by atoms with Crippen LogP contribution in [0.3, 0.4) is 0 Å². The van der Waals surface area contributed by atoms with Gasteiger partial charge in [-0.2, -0.15) is 0 Å². The van der Waals surface area contributed by atoms with E-state index >= 15 is 0 Å². The first-order valence-corrected chi connectivity index (χ1v) is 4.80. The van der Waals surface area contributed by atoms with Crippen LogP contribution in [0.4, 0.5) is 0 Å². The van der Waals surface area contributed by atoms with Crippen molar-refractivity contribution in [1.82, 2.24) is 0 Å². The Balaban J connectivity index is 0. The van der Waals surface area contributed by atoms with Crippen LogP contribution in [0.2, 0.25) is 0 Å². The van der Waals surface area contributed by atoms with E-state index in [1.807, 2.05) is 13.8 Å². The number of hydrogen-bond acceptors (Lipinski definition) is 0. The van der Waals surface area contributed by atoms with E-state index in [4.69, 9.17) is 0 Å². The first-order valence-electron chi connectivity index (χ1n) is 4.80. The number of hydrogen-bond donors (Lipinski definition) is 0. The van der Waals surface area contributed by atoms with Gasteiger partial charge in [0, 0.05) is 0 Å². The fraction of sp³-hybridized carbons (Fsp3) is 1.00. The van der Waals surface area contributed by atoms with Gasteiger partial charge in [-0.25, -0.2) is 0 Å². The highest BCUT2D eigenvalue weighted by atomic mass is 16.0. The molecule has 1 aliphatic rings.